The first-order chi connectivity index (χ1) is 9.11. The summed E-state index contributed by atoms with van der Waals surface area (Å²) >= 11 is 0. The summed E-state index contributed by atoms with van der Waals surface area (Å²) in [6.45, 7) is 0.446. The highest BCUT2D eigenvalue weighted by atomic mass is 16.5. The lowest BCUT2D eigenvalue weighted by Crippen LogP contribution is -2.19. The molecule has 1 aromatic carbocycles. The van der Waals surface area contributed by atoms with Crippen molar-refractivity contribution in [2.75, 3.05) is 13.7 Å². The van der Waals surface area contributed by atoms with Crippen LogP contribution in [-0.4, -0.2) is 30.8 Å². The highest BCUT2D eigenvalue weighted by Gasteiger charge is 2.24. The summed E-state index contributed by atoms with van der Waals surface area (Å²) in [5, 5.41) is 9.78. The molecule has 3 N–H and O–H groups in total. The molecule has 0 spiro atoms. The van der Waals surface area contributed by atoms with Gasteiger partial charge in [0.05, 0.1) is 13.7 Å². The first-order valence-electron chi connectivity index (χ1n) is 6.40. The second kappa shape index (κ2) is 5.93. The van der Waals surface area contributed by atoms with Crippen molar-refractivity contribution in [3.63, 3.8) is 0 Å². The van der Waals surface area contributed by atoms with Gasteiger partial charge in [0.15, 0.2) is 0 Å². The van der Waals surface area contributed by atoms with Gasteiger partial charge in [-0.3, -0.25) is 4.79 Å². The number of carbonyl (C=O) groups excluding carboxylic acids is 1. The van der Waals surface area contributed by atoms with Crippen LogP contribution >= 0.6 is 0 Å². The molecule has 5 nitrogen and oxygen atoms in total. The first-order valence-corrected chi connectivity index (χ1v) is 6.40. The van der Waals surface area contributed by atoms with E-state index in [0.29, 0.717) is 25.9 Å². The molecule has 104 valence electrons. The summed E-state index contributed by atoms with van der Waals surface area (Å²) < 4.78 is 10.2. The predicted molar refractivity (Wildman–Crippen MR) is 70.2 cm³/mol. The predicted octanol–water partition coefficient (Wildman–Crippen LogP) is 1.15. The SMILES string of the molecule is COC(=O)CCCOc1ccc(O)c2c1CC(N)C2. The first kappa shape index (κ1) is 13.7. The van der Waals surface area contributed by atoms with Gasteiger partial charge in [-0.1, -0.05) is 0 Å². The number of phenols is 1. The van der Waals surface area contributed by atoms with Gasteiger partial charge in [-0.25, -0.2) is 0 Å². The van der Waals surface area contributed by atoms with E-state index < -0.39 is 0 Å². The van der Waals surface area contributed by atoms with E-state index in [4.69, 9.17) is 10.5 Å². The lowest BCUT2D eigenvalue weighted by atomic mass is 10.1. The Morgan fingerprint density at radius 3 is 2.89 bits per heavy atom. The van der Waals surface area contributed by atoms with E-state index in [1.54, 1.807) is 12.1 Å². The van der Waals surface area contributed by atoms with Crippen molar-refractivity contribution < 1.29 is 19.4 Å². The van der Waals surface area contributed by atoms with Crippen LogP contribution in [0.5, 0.6) is 11.5 Å². The fourth-order valence-corrected chi connectivity index (χ4v) is 2.34. The van der Waals surface area contributed by atoms with Gasteiger partial charge in [0, 0.05) is 23.6 Å². The zero-order chi connectivity index (χ0) is 13.8. The Labute approximate surface area is 112 Å². The summed E-state index contributed by atoms with van der Waals surface area (Å²) in [5.74, 6) is 0.803. The maximum Gasteiger partial charge on any atom is 0.305 e. The molecule has 0 aromatic heterocycles. The van der Waals surface area contributed by atoms with Gasteiger partial charge in [0.2, 0.25) is 0 Å². The molecule has 1 aromatic rings. The summed E-state index contributed by atoms with van der Waals surface area (Å²) in [6.07, 6.45) is 2.35. The average molecular weight is 265 g/mol. The van der Waals surface area contributed by atoms with Crippen LogP contribution in [0.1, 0.15) is 24.0 Å². The topological polar surface area (TPSA) is 81.8 Å². The number of hydrogen-bond acceptors (Lipinski definition) is 5. The normalized spacial score (nSPS) is 17.1. The van der Waals surface area contributed by atoms with E-state index in [-0.39, 0.29) is 17.8 Å². The fraction of sp³-hybridized carbons (Fsp3) is 0.500. The molecule has 0 radical (unpaired) electrons. The lowest BCUT2D eigenvalue weighted by Gasteiger charge is -2.11. The number of ether oxygens (including phenoxy) is 2. The van der Waals surface area contributed by atoms with Gasteiger partial charge in [-0.05, 0) is 31.4 Å². The van der Waals surface area contributed by atoms with Crippen LogP contribution in [0.15, 0.2) is 12.1 Å². The van der Waals surface area contributed by atoms with Gasteiger partial charge in [-0.15, -0.1) is 0 Å². The Morgan fingerprint density at radius 1 is 1.42 bits per heavy atom. The molecular weight excluding hydrogens is 246 g/mol. The van der Waals surface area contributed by atoms with E-state index in [9.17, 15) is 9.90 Å². The van der Waals surface area contributed by atoms with Crippen LogP contribution in [0.2, 0.25) is 0 Å². The van der Waals surface area contributed by atoms with Gasteiger partial charge in [-0.2, -0.15) is 0 Å². The van der Waals surface area contributed by atoms with E-state index in [0.717, 1.165) is 23.3 Å². The van der Waals surface area contributed by atoms with Gasteiger partial charge in [0.25, 0.3) is 0 Å². The molecule has 0 bridgehead atoms. The number of phenolic OH excluding ortho intramolecular Hbond substituents is 1. The summed E-state index contributed by atoms with van der Waals surface area (Å²) in [5.41, 5.74) is 7.79. The largest absolute Gasteiger partial charge is 0.508 e. The fourth-order valence-electron chi connectivity index (χ4n) is 2.34. The van der Waals surface area contributed by atoms with Crippen molar-refractivity contribution in [3.05, 3.63) is 23.3 Å². The number of methoxy groups -OCH3 is 1. The lowest BCUT2D eigenvalue weighted by molar-refractivity contribution is -0.140. The second-order valence-electron chi connectivity index (χ2n) is 4.74. The van der Waals surface area contributed by atoms with E-state index in [1.807, 2.05) is 0 Å². The number of benzene rings is 1. The minimum atomic E-state index is -0.235. The third-order valence-electron chi connectivity index (χ3n) is 3.31. The monoisotopic (exact) mass is 265 g/mol. The Balaban J connectivity index is 1.95. The summed E-state index contributed by atoms with van der Waals surface area (Å²) in [4.78, 5) is 11.0. The highest BCUT2D eigenvalue weighted by Crippen LogP contribution is 2.36. The molecule has 5 heteroatoms. The van der Waals surface area contributed by atoms with E-state index in [1.165, 1.54) is 7.11 Å². The van der Waals surface area contributed by atoms with Crippen LogP contribution < -0.4 is 10.5 Å². The molecule has 0 saturated carbocycles. The van der Waals surface area contributed by atoms with Crippen molar-refractivity contribution >= 4 is 5.97 Å². The van der Waals surface area contributed by atoms with E-state index in [2.05, 4.69) is 4.74 Å². The van der Waals surface area contributed by atoms with Crippen molar-refractivity contribution in [2.24, 2.45) is 5.73 Å². The van der Waals surface area contributed by atoms with Crippen molar-refractivity contribution in [1.29, 1.82) is 0 Å². The standard InChI is InChI=1S/C14H19NO4/c1-18-14(17)3-2-6-19-13-5-4-12(16)10-7-9(15)8-11(10)13/h4-5,9,16H,2-3,6-8,15H2,1H3. The number of rotatable bonds is 5. The Morgan fingerprint density at radius 2 is 2.16 bits per heavy atom. The zero-order valence-electron chi connectivity index (χ0n) is 11.0. The van der Waals surface area contributed by atoms with Crippen LogP contribution in [0.4, 0.5) is 0 Å². The van der Waals surface area contributed by atoms with Crippen LogP contribution in [-0.2, 0) is 22.4 Å². The molecule has 1 unspecified atom stereocenters. The number of fused-ring (bicyclic) bond motifs is 1. The average Bonchev–Trinajstić information content (AvgIpc) is 2.79. The van der Waals surface area contributed by atoms with Gasteiger partial charge in [0.1, 0.15) is 11.5 Å². The minimum absolute atomic E-state index is 0.0423. The molecule has 0 heterocycles. The molecule has 0 aliphatic heterocycles. The van der Waals surface area contributed by atoms with Crippen molar-refractivity contribution in [1.82, 2.24) is 0 Å². The Hall–Kier alpha value is -1.75. The molecular formula is C14H19NO4. The number of esters is 1. The minimum Gasteiger partial charge on any atom is -0.508 e. The number of hydrogen-bond donors (Lipinski definition) is 2. The molecule has 2 rings (SSSR count). The Bertz CT molecular complexity index is 473. The van der Waals surface area contributed by atoms with Crippen molar-refractivity contribution in [3.8, 4) is 11.5 Å². The highest BCUT2D eigenvalue weighted by molar-refractivity contribution is 5.69. The zero-order valence-corrected chi connectivity index (χ0v) is 11.0. The third-order valence-corrected chi connectivity index (χ3v) is 3.31. The van der Waals surface area contributed by atoms with E-state index >= 15 is 0 Å². The molecule has 19 heavy (non-hydrogen) atoms. The second-order valence-corrected chi connectivity index (χ2v) is 4.74. The third kappa shape index (κ3) is 3.17. The molecule has 1 atom stereocenters. The van der Waals surface area contributed by atoms with Gasteiger partial charge < -0.3 is 20.3 Å². The molecule has 0 saturated heterocycles. The number of nitrogens with two attached hydrogens (primary N) is 1. The van der Waals surface area contributed by atoms with Crippen LogP contribution in [0.25, 0.3) is 0 Å². The summed E-state index contributed by atoms with van der Waals surface area (Å²) in [6, 6.07) is 3.43. The van der Waals surface area contributed by atoms with Gasteiger partial charge >= 0.3 is 5.97 Å². The smallest absolute Gasteiger partial charge is 0.305 e. The molecule has 0 amide bonds. The number of carbonyl (C=O) groups is 1. The van der Waals surface area contributed by atoms with Crippen molar-refractivity contribution in [2.45, 2.75) is 31.7 Å². The molecule has 0 fully saturated rings. The molecule has 1 aliphatic rings. The summed E-state index contributed by atoms with van der Waals surface area (Å²) in [7, 11) is 1.37. The Kier molecular flexibility index (Phi) is 4.27. The number of aromatic hydroxyl groups is 1. The quantitative estimate of drug-likeness (QED) is 0.616. The molecule has 1 aliphatic carbocycles. The van der Waals surface area contributed by atoms with Crippen LogP contribution in [0, 0.1) is 0 Å². The maximum atomic E-state index is 11.0. The maximum absolute atomic E-state index is 11.0. The van der Waals surface area contributed by atoms with Crippen LogP contribution in [0.3, 0.4) is 0 Å².